The second-order valence-corrected chi connectivity index (χ2v) is 5.48. The van der Waals surface area contributed by atoms with Gasteiger partial charge in [0.2, 0.25) is 0 Å². The van der Waals surface area contributed by atoms with Gasteiger partial charge in [-0.3, -0.25) is 0 Å². The Morgan fingerprint density at radius 2 is 2.00 bits per heavy atom. The van der Waals surface area contributed by atoms with Crippen molar-refractivity contribution < 1.29 is 0 Å². The Morgan fingerprint density at radius 3 is 2.56 bits per heavy atom. The van der Waals surface area contributed by atoms with Gasteiger partial charge in [-0.05, 0) is 58.5 Å². The molecule has 2 aliphatic rings. The molecule has 1 saturated carbocycles. The Balaban J connectivity index is 1.62. The highest BCUT2D eigenvalue weighted by Gasteiger charge is 2.31. The number of piperidine rings is 1. The van der Waals surface area contributed by atoms with Crippen molar-refractivity contribution in [3.8, 4) is 0 Å². The van der Waals surface area contributed by atoms with Crippen LogP contribution in [0.15, 0.2) is 12.7 Å². The van der Waals surface area contributed by atoms with Gasteiger partial charge in [0, 0.05) is 18.1 Å². The van der Waals surface area contributed by atoms with Gasteiger partial charge in [-0.2, -0.15) is 0 Å². The van der Waals surface area contributed by atoms with Crippen LogP contribution in [0.2, 0.25) is 0 Å². The predicted molar refractivity (Wildman–Crippen MR) is 69.6 cm³/mol. The lowest BCUT2D eigenvalue weighted by molar-refractivity contribution is 0.183. The van der Waals surface area contributed by atoms with Gasteiger partial charge in [0.1, 0.15) is 0 Å². The molecule has 2 nitrogen and oxygen atoms in total. The van der Waals surface area contributed by atoms with Gasteiger partial charge in [-0.25, -0.2) is 0 Å². The highest BCUT2D eigenvalue weighted by atomic mass is 15.2. The molecule has 0 spiro atoms. The summed E-state index contributed by atoms with van der Waals surface area (Å²) in [4.78, 5) is 2.69. The summed E-state index contributed by atoms with van der Waals surface area (Å²) in [6, 6.07) is 2.37. The molecule has 0 aromatic carbocycles. The Morgan fingerprint density at radius 1 is 1.31 bits per heavy atom. The van der Waals surface area contributed by atoms with Crippen LogP contribution in [0.25, 0.3) is 0 Å². The van der Waals surface area contributed by atoms with E-state index in [2.05, 4.69) is 23.7 Å². The van der Waals surface area contributed by atoms with E-state index in [-0.39, 0.29) is 0 Å². The van der Waals surface area contributed by atoms with Crippen LogP contribution in [0, 0.1) is 0 Å². The van der Waals surface area contributed by atoms with Crippen LogP contribution in [0.4, 0.5) is 0 Å². The number of nitrogens with one attached hydrogen (secondary N) is 1. The molecule has 1 aliphatic heterocycles. The molecule has 1 unspecified atom stereocenters. The molecule has 1 heterocycles. The molecule has 0 amide bonds. The Hall–Kier alpha value is -0.340. The summed E-state index contributed by atoms with van der Waals surface area (Å²) < 4.78 is 0. The zero-order chi connectivity index (χ0) is 11.4. The summed E-state index contributed by atoms with van der Waals surface area (Å²) in [6.45, 7) is 8.72. The molecule has 2 rings (SSSR count). The maximum absolute atomic E-state index is 3.78. The highest BCUT2D eigenvalue weighted by molar-refractivity contribution is 4.89. The maximum Gasteiger partial charge on any atom is 0.00964 e. The van der Waals surface area contributed by atoms with Crippen LogP contribution in [-0.4, -0.2) is 36.1 Å². The van der Waals surface area contributed by atoms with E-state index in [9.17, 15) is 0 Å². The number of allylic oxidation sites excluding steroid dienone is 1. The van der Waals surface area contributed by atoms with E-state index < -0.39 is 0 Å². The number of rotatable bonds is 6. The first-order valence-corrected chi connectivity index (χ1v) is 6.90. The van der Waals surface area contributed by atoms with Crippen molar-refractivity contribution in [3.63, 3.8) is 0 Å². The summed E-state index contributed by atoms with van der Waals surface area (Å²) in [5.41, 5.74) is 0. The van der Waals surface area contributed by atoms with E-state index in [4.69, 9.17) is 0 Å². The lowest BCUT2D eigenvalue weighted by Crippen LogP contribution is -2.46. The van der Waals surface area contributed by atoms with E-state index in [1.807, 2.05) is 6.08 Å². The molecular weight excluding hydrogens is 196 g/mol. The van der Waals surface area contributed by atoms with Crippen LogP contribution in [0.5, 0.6) is 0 Å². The van der Waals surface area contributed by atoms with E-state index in [0.717, 1.165) is 18.5 Å². The van der Waals surface area contributed by atoms with Gasteiger partial charge in [-0.1, -0.05) is 6.08 Å². The van der Waals surface area contributed by atoms with Crippen LogP contribution in [0.1, 0.15) is 45.4 Å². The zero-order valence-electron chi connectivity index (χ0n) is 10.6. The minimum absolute atomic E-state index is 0.649. The number of nitrogens with zero attached hydrogens (tertiary/aromatic N) is 1. The smallest absolute Gasteiger partial charge is 0.00964 e. The van der Waals surface area contributed by atoms with Gasteiger partial charge in [-0.15, -0.1) is 6.58 Å². The van der Waals surface area contributed by atoms with Gasteiger partial charge in [0.05, 0.1) is 0 Å². The molecule has 0 aromatic heterocycles. The molecule has 1 saturated heterocycles. The molecule has 0 radical (unpaired) electrons. The molecule has 2 heteroatoms. The van der Waals surface area contributed by atoms with Gasteiger partial charge < -0.3 is 10.2 Å². The maximum atomic E-state index is 3.78. The standard InChI is InChI=1S/C14H26N2/c1-3-4-5-12(2)15-13-8-10-16(11-9-13)14-6-7-14/h3,12-15H,1,4-11H2,2H3. The van der Waals surface area contributed by atoms with E-state index in [0.29, 0.717) is 6.04 Å². The fraction of sp³-hybridized carbons (Fsp3) is 0.857. The van der Waals surface area contributed by atoms with E-state index >= 15 is 0 Å². The summed E-state index contributed by atoms with van der Waals surface area (Å²) >= 11 is 0. The molecule has 16 heavy (non-hydrogen) atoms. The quantitative estimate of drug-likeness (QED) is 0.695. The second-order valence-electron chi connectivity index (χ2n) is 5.48. The normalized spacial score (nSPS) is 25.6. The highest BCUT2D eigenvalue weighted by Crippen LogP contribution is 2.29. The molecular formula is C14H26N2. The van der Waals surface area contributed by atoms with Gasteiger partial charge >= 0.3 is 0 Å². The molecule has 0 aromatic rings. The Bertz CT molecular complexity index is 215. The molecule has 92 valence electrons. The number of hydrogen-bond acceptors (Lipinski definition) is 2. The average Bonchev–Trinajstić information content (AvgIpc) is 3.11. The SMILES string of the molecule is C=CCCC(C)NC1CCN(C2CC2)CC1. The minimum atomic E-state index is 0.649. The van der Waals surface area contributed by atoms with Crippen molar-refractivity contribution in [1.82, 2.24) is 10.2 Å². The lowest BCUT2D eigenvalue weighted by atomic mass is 10.0. The molecule has 1 N–H and O–H groups in total. The van der Waals surface area contributed by atoms with Gasteiger partial charge in [0.15, 0.2) is 0 Å². The van der Waals surface area contributed by atoms with Crippen molar-refractivity contribution >= 4 is 0 Å². The average molecular weight is 222 g/mol. The van der Waals surface area contributed by atoms with Crippen molar-refractivity contribution in [2.24, 2.45) is 0 Å². The molecule has 2 fully saturated rings. The summed E-state index contributed by atoms with van der Waals surface area (Å²) in [5.74, 6) is 0. The van der Waals surface area contributed by atoms with Crippen molar-refractivity contribution in [2.45, 2.75) is 63.6 Å². The topological polar surface area (TPSA) is 15.3 Å². The van der Waals surface area contributed by atoms with Crippen LogP contribution < -0.4 is 5.32 Å². The summed E-state index contributed by atoms with van der Waals surface area (Å²) in [6.07, 6.45) is 9.97. The fourth-order valence-electron chi connectivity index (χ4n) is 2.72. The second kappa shape index (κ2) is 5.83. The van der Waals surface area contributed by atoms with Gasteiger partial charge in [0.25, 0.3) is 0 Å². The number of likely N-dealkylation sites (tertiary alicyclic amines) is 1. The van der Waals surface area contributed by atoms with Crippen LogP contribution >= 0.6 is 0 Å². The van der Waals surface area contributed by atoms with Crippen LogP contribution in [-0.2, 0) is 0 Å². The fourth-order valence-corrected chi connectivity index (χ4v) is 2.72. The van der Waals surface area contributed by atoms with Crippen molar-refractivity contribution in [3.05, 3.63) is 12.7 Å². The van der Waals surface area contributed by atoms with E-state index in [1.165, 1.54) is 45.2 Å². The lowest BCUT2D eigenvalue weighted by Gasteiger charge is -2.34. The third kappa shape index (κ3) is 3.60. The predicted octanol–water partition coefficient (Wildman–Crippen LogP) is 2.56. The third-order valence-electron chi connectivity index (χ3n) is 3.92. The summed E-state index contributed by atoms with van der Waals surface area (Å²) in [7, 11) is 0. The zero-order valence-corrected chi connectivity index (χ0v) is 10.6. The molecule has 1 aliphatic carbocycles. The van der Waals surface area contributed by atoms with E-state index in [1.54, 1.807) is 0 Å². The first-order valence-electron chi connectivity index (χ1n) is 6.90. The van der Waals surface area contributed by atoms with Crippen LogP contribution in [0.3, 0.4) is 0 Å². The minimum Gasteiger partial charge on any atom is -0.311 e. The van der Waals surface area contributed by atoms with Crippen molar-refractivity contribution in [1.29, 1.82) is 0 Å². The summed E-state index contributed by atoms with van der Waals surface area (Å²) in [5, 5.41) is 3.76. The number of hydrogen-bond donors (Lipinski definition) is 1. The molecule has 1 atom stereocenters. The third-order valence-corrected chi connectivity index (χ3v) is 3.92. The Kier molecular flexibility index (Phi) is 4.42. The largest absolute Gasteiger partial charge is 0.311 e. The monoisotopic (exact) mass is 222 g/mol. The molecule has 0 bridgehead atoms. The Labute approximate surface area is 100 Å². The first kappa shape index (κ1) is 12.1. The van der Waals surface area contributed by atoms with Crippen molar-refractivity contribution in [2.75, 3.05) is 13.1 Å². The first-order chi connectivity index (χ1) is 7.79.